The maximum atomic E-state index is 10.7. The minimum atomic E-state index is -3.75. The highest BCUT2D eigenvalue weighted by Gasteiger charge is 2.10. The molecule has 0 aliphatic carbocycles. The topological polar surface area (TPSA) is 121 Å². The third-order valence-electron chi connectivity index (χ3n) is 5.55. The summed E-state index contributed by atoms with van der Waals surface area (Å²) in [6, 6.07) is 0. The standard InChI is InChI=1S/C18H39O3P.C6H15NO3/c1-2-3-4-5-6-7-8-9-10-11-12-13-14-15-16-17-18-22(19,20)21;8-4-1-7(2-5-9)3-6-10/h2-18H2,1H3,(H2,19,20,21);8-10H,1-6H2. The Morgan fingerprint density at radius 3 is 1.06 bits per heavy atom. The van der Waals surface area contributed by atoms with Crippen molar-refractivity contribution in [3.05, 3.63) is 0 Å². The van der Waals surface area contributed by atoms with Crippen LogP contribution in [0.3, 0.4) is 0 Å². The van der Waals surface area contributed by atoms with Gasteiger partial charge in [-0.3, -0.25) is 9.46 Å². The number of unbranched alkanes of at least 4 members (excludes halogenated alkanes) is 15. The Bertz CT molecular complexity index is 380. The van der Waals surface area contributed by atoms with Gasteiger partial charge >= 0.3 is 7.60 Å². The van der Waals surface area contributed by atoms with Crippen LogP contribution in [0.1, 0.15) is 110 Å². The molecule has 0 radical (unpaired) electrons. The zero-order valence-corrected chi connectivity index (χ0v) is 21.7. The summed E-state index contributed by atoms with van der Waals surface area (Å²) in [4.78, 5) is 19.3. The van der Waals surface area contributed by atoms with Gasteiger partial charge in [-0.25, -0.2) is 0 Å². The summed E-state index contributed by atoms with van der Waals surface area (Å²) < 4.78 is 10.7. The van der Waals surface area contributed by atoms with E-state index in [-0.39, 0.29) is 26.0 Å². The molecule has 0 aromatic rings. The Hall–Kier alpha value is -0.0100. The first-order chi connectivity index (χ1) is 15.4. The van der Waals surface area contributed by atoms with Crippen LogP contribution in [-0.4, -0.2) is 75.6 Å². The minimum Gasteiger partial charge on any atom is -0.395 e. The molecule has 0 bridgehead atoms. The van der Waals surface area contributed by atoms with Crippen LogP contribution in [0.4, 0.5) is 0 Å². The molecule has 8 heteroatoms. The van der Waals surface area contributed by atoms with Crippen molar-refractivity contribution in [3.8, 4) is 0 Å². The summed E-state index contributed by atoms with van der Waals surface area (Å²) >= 11 is 0. The Morgan fingerprint density at radius 1 is 0.531 bits per heavy atom. The summed E-state index contributed by atoms with van der Waals surface area (Å²) in [6.07, 6.45) is 20.6. The lowest BCUT2D eigenvalue weighted by Crippen LogP contribution is -2.32. The van der Waals surface area contributed by atoms with E-state index < -0.39 is 7.60 Å². The van der Waals surface area contributed by atoms with E-state index in [2.05, 4.69) is 6.92 Å². The molecule has 196 valence electrons. The number of nitrogens with zero attached hydrogens (tertiary/aromatic N) is 1. The average Bonchev–Trinajstić information content (AvgIpc) is 2.74. The van der Waals surface area contributed by atoms with Crippen molar-refractivity contribution in [2.75, 3.05) is 45.6 Å². The van der Waals surface area contributed by atoms with Gasteiger partial charge in [-0.2, -0.15) is 0 Å². The minimum absolute atomic E-state index is 0.0610. The first-order valence-electron chi connectivity index (χ1n) is 13.0. The van der Waals surface area contributed by atoms with Crippen LogP contribution < -0.4 is 0 Å². The molecule has 0 aromatic carbocycles. The van der Waals surface area contributed by atoms with Crippen LogP contribution in [0.25, 0.3) is 0 Å². The SMILES string of the molecule is CCCCCCCCCCCCCCCCCCP(=O)(O)O.OCCN(CCO)CCO. The fraction of sp³-hybridized carbons (Fsp3) is 1.00. The van der Waals surface area contributed by atoms with Crippen LogP contribution in [-0.2, 0) is 4.57 Å². The highest BCUT2D eigenvalue weighted by Crippen LogP contribution is 2.35. The fourth-order valence-electron chi connectivity index (χ4n) is 3.63. The molecule has 5 N–H and O–H groups in total. The van der Waals surface area contributed by atoms with Gasteiger partial charge < -0.3 is 25.1 Å². The van der Waals surface area contributed by atoms with Crippen LogP contribution in [0.2, 0.25) is 0 Å². The normalized spacial score (nSPS) is 11.6. The van der Waals surface area contributed by atoms with E-state index in [4.69, 9.17) is 25.1 Å². The van der Waals surface area contributed by atoms with Crippen LogP contribution in [0, 0.1) is 0 Å². The van der Waals surface area contributed by atoms with Crippen molar-refractivity contribution in [2.24, 2.45) is 0 Å². The summed E-state index contributed by atoms with van der Waals surface area (Å²) in [6.45, 7) is 4.02. The van der Waals surface area contributed by atoms with E-state index in [0.29, 0.717) is 26.1 Å². The Kier molecular flexibility index (Phi) is 29.1. The van der Waals surface area contributed by atoms with Gasteiger partial charge in [-0.05, 0) is 6.42 Å². The molecule has 32 heavy (non-hydrogen) atoms. The number of hydrogen-bond acceptors (Lipinski definition) is 5. The van der Waals surface area contributed by atoms with Gasteiger partial charge in [0, 0.05) is 25.8 Å². The van der Waals surface area contributed by atoms with Crippen molar-refractivity contribution in [1.82, 2.24) is 4.90 Å². The van der Waals surface area contributed by atoms with Gasteiger partial charge in [0.1, 0.15) is 0 Å². The smallest absolute Gasteiger partial charge is 0.325 e. The Morgan fingerprint density at radius 2 is 0.812 bits per heavy atom. The lowest BCUT2D eigenvalue weighted by molar-refractivity contribution is 0.136. The molecule has 0 saturated carbocycles. The van der Waals surface area contributed by atoms with Crippen molar-refractivity contribution in [2.45, 2.75) is 110 Å². The second-order valence-corrected chi connectivity index (χ2v) is 10.5. The molecular formula is C24H54NO6P. The van der Waals surface area contributed by atoms with Crippen molar-refractivity contribution < 1.29 is 29.7 Å². The van der Waals surface area contributed by atoms with E-state index in [1.54, 1.807) is 4.90 Å². The van der Waals surface area contributed by atoms with Crippen LogP contribution >= 0.6 is 7.60 Å². The van der Waals surface area contributed by atoms with Gasteiger partial charge in [0.25, 0.3) is 0 Å². The maximum Gasteiger partial charge on any atom is 0.325 e. The van der Waals surface area contributed by atoms with Gasteiger partial charge in [-0.15, -0.1) is 0 Å². The van der Waals surface area contributed by atoms with Crippen molar-refractivity contribution >= 4 is 7.60 Å². The quantitative estimate of drug-likeness (QED) is 0.106. The first kappa shape index (κ1) is 34.2. The zero-order valence-electron chi connectivity index (χ0n) is 20.8. The van der Waals surface area contributed by atoms with E-state index in [9.17, 15) is 4.57 Å². The lowest BCUT2D eigenvalue weighted by Gasteiger charge is -2.17. The number of rotatable bonds is 23. The molecule has 0 fully saturated rings. The third-order valence-corrected chi connectivity index (χ3v) is 6.45. The maximum absolute atomic E-state index is 10.7. The van der Waals surface area contributed by atoms with Gasteiger partial charge in [-0.1, -0.05) is 103 Å². The van der Waals surface area contributed by atoms with E-state index in [1.807, 2.05) is 0 Å². The van der Waals surface area contributed by atoms with E-state index >= 15 is 0 Å². The Balaban J connectivity index is 0. The summed E-state index contributed by atoms with van der Waals surface area (Å²) in [5.74, 6) is 0. The molecule has 0 aromatic heterocycles. The van der Waals surface area contributed by atoms with Gasteiger partial charge in [0.05, 0.1) is 19.8 Å². The second-order valence-electron chi connectivity index (χ2n) is 8.70. The number of aliphatic hydroxyl groups is 3. The molecule has 0 spiro atoms. The molecule has 0 aliphatic heterocycles. The van der Waals surface area contributed by atoms with Crippen molar-refractivity contribution in [3.63, 3.8) is 0 Å². The fourth-order valence-corrected chi connectivity index (χ4v) is 4.26. The molecule has 0 rings (SSSR count). The summed E-state index contributed by atoms with van der Waals surface area (Å²) in [7, 11) is -3.75. The molecule has 0 unspecified atom stereocenters. The van der Waals surface area contributed by atoms with Crippen molar-refractivity contribution in [1.29, 1.82) is 0 Å². The molecule has 7 nitrogen and oxygen atoms in total. The summed E-state index contributed by atoms with van der Waals surface area (Å²) in [5, 5.41) is 25.5. The summed E-state index contributed by atoms with van der Waals surface area (Å²) in [5.41, 5.74) is 0. The largest absolute Gasteiger partial charge is 0.395 e. The molecule has 0 saturated heterocycles. The van der Waals surface area contributed by atoms with Gasteiger partial charge in [0.2, 0.25) is 0 Å². The molecule has 0 atom stereocenters. The zero-order chi connectivity index (χ0) is 24.3. The lowest BCUT2D eigenvalue weighted by atomic mass is 10.0. The average molecular weight is 484 g/mol. The predicted octanol–water partition coefficient (Wildman–Crippen LogP) is 4.69. The highest BCUT2D eigenvalue weighted by atomic mass is 31.2. The highest BCUT2D eigenvalue weighted by molar-refractivity contribution is 7.51. The molecule has 0 amide bonds. The van der Waals surface area contributed by atoms with Crippen LogP contribution in [0.5, 0.6) is 0 Å². The van der Waals surface area contributed by atoms with Gasteiger partial charge in [0.15, 0.2) is 0 Å². The molecule has 0 aliphatic rings. The number of hydrogen-bond donors (Lipinski definition) is 5. The molecule has 0 heterocycles. The monoisotopic (exact) mass is 483 g/mol. The number of aliphatic hydroxyl groups excluding tert-OH is 3. The predicted molar refractivity (Wildman–Crippen MR) is 134 cm³/mol. The Labute approximate surface area is 197 Å². The molecular weight excluding hydrogens is 429 g/mol. The second kappa shape index (κ2) is 27.2. The van der Waals surface area contributed by atoms with Crippen LogP contribution in [0.15, 0.2) is 0 Å². The van der Waals surface area contributed by atoms with E-state index in [0.717, 1.165) is 12.8 Å². The first-order valence-corrected chi connectivity index (χ1v) is 14.8. The van der Waals surface area contributed by atoms with E-state index in [1.165, 1.54) is 83.5 Å². The third kappa shape index (κ3) is 32.2.